The number of amides is 1. The van der Waals surface area contributed by atoms with Crippen LogP contribution in [0.3, 0.4) is 0 Å². The minimum Gasteiger partial charge on any atom is -0.497 e. The van der Waals surface area contributed by atoms with Gasteiger partial charge in [-0.3, -0.25) is 9.69 Å². The molecule has 1 amide bonds. The highest BCUT2D eigenvalue weighted by molar-refractivity contribution is 7.14. The molecule has 0 fully saturated rings. The first-order valence-corrected chi connectivity index (χ1v) is 8.42. The van der Waals surface area contributed by atoms with Crippen LogP contribution in [0, 0.1) is 0 Å². The van der Waals surface area contributed by atoms with Crippen LogP contribution < -0.4 is 15.4 Å². The fraction of sp³-hybridized carbons (Fsp3) is 0.0526. The number of rotatable bonds is 5. The summed E-state index contributed by atoms with van der Waals surface area (Å²) in [4.78, 5) is 18.5. The third-order valence-electron chi connectivity index (χ3n) is 3.62. The Labute approximate surface area is 150 Å². The van der Waals surface area contributed by atoms with Crippen LogP contribution in [0.2, 0.25) is 0 Å². The topological polar surface area (TPSA) is 68.5 Å². The lowest BCUT2D eigenvalue weighted by atomic mass is 10.2. The number of carbonyl (C=O) groups excluding carboxylic acids is 1. The van der Waals surface area contributed by atoms with Crippen LogP contribution in [-0.4, -0.2) is 18.0 Å². The number of ether oxygens (including phenoxy) is 1. The molecule has 0 atom stereocenters. The van der Waals surface area contributed by atoms with E-state index < -0.39 is 0 Å². The summed E-state index contributed by atoms with van der Waals surface area (Å²) in [6.07, 6.45) is 1.27. The van der Waals surface area contributed by atoms with Crippen LogP contribution in [-0.2, 0) is 4.79 Å². The maximum absolute atomic E-state index is 12.4. The van der Waals surface area contributed by atoms with Crippen LogP contribution in [0.5, 0.6) is 5.75 Å². The van der Waals surface area contributed by atoms with E-state index >= 15 is 0 Å². The molecule has 0 aliphatic rings. The van der Waals surface area contributed by atoms with Gasteiger partial charge in [0.15, 0.2) is 5.13 Å². The molecule has 2 aromatic carbocycles. The van der Waals surface area contributed by atoms with Crippen molar-refractivity contribution in [2.24, 2.45) is 0 Å². The molecule has 25 heavy (non-hydrogen) atoms. The van der Waals surface area contributed by atoms with E-state index in [2.05, 4.69) is 11.6 Å². The molecule has 0 aliphatic heterocycles. The molecule has 0 radical (unpaired) electrons. The SMILES string of the molecule is C=CC(=O)N(c1ccc(N)cc1)c1nc(-c2ccc(OC)cc2)cs1. The summed E-state index contributed by atoms with van der Waals surface area (Å²) in [5.74, 6) is 0.532. The van der Waals surface area contributed by atoms with Crippen LogP contribution in [0.1, 0.15) is 0 Å². The summed E-state index contributed by atoms with van der Waals surface area (Å²) in [6.45, 7) is 3.58. The number of hydrogen-bond donors (Lipinski definition) is 1. The average molecular weight is 351 g/mol. The van der Waals surface area contributed by atoms with Gasteiger partial charge in [0.05, 0.1) is 18.5 Å². The van der Waals surface area contributed by atoms with Crippen molar-refractivity contribution in [3.63, 3.8) is 0 Å². The number of thiazole rings is 1. The van der Waals surface area contributed by atoms with Crippen molar-refractivity contribution < 1.29 is 9.53 Å². The van der Waals surface area contributed by atoms with Gasteiger partial charge in [0.2, 0.25) is 0 Å². The van der Waals surface area contributed by atoms with E-state index in [4.69, 9.17) is 10.5 Å². The zero-order valence-electron chi connectivity index (χ0n) is 13.7. The molecule has 0 saturated carbocycles. The summed E-state index contributed by atoms with van der Waals surface area (Å²) in [7, 11) is 1.63. The van der Waals surface area contributed by atoms with Crippen LogP contribution >= 0.6 is 11.3 Å². The fourth-order valence-corrected chi connectivity index (χ4v) is 3.17. The lowest BCUT2D eigenvalue weighted by Crippen LogP contribution is -2.23. The number of methoxy groups -OCH3 is 1. The second-order valence-electron chi connectivity index (χ2n) is 5.21. The van der Waals surface area contributed by atoms with Gasteiger partial charge < -0.3 is 10.5 Å². The lowest BCUT2D eigenvalue weighted by Gasteiger charge is -2.18. The number of anilines is 3. The largest absolute Gasteiger partial charge is 0.497 e. The molecule has 0 aliphatic carbocycles. The minimum absolute atomic E-state index is 0.250. The van der Waals surface area contributed by atoms with Gasteiger partial charge in [0, 0.05) is 16.6 Å². The van der Waals surface area contributed by atoms with Gasteiger partial charge in [-0.05, 0) is 54.6 Å². The zero-order valence-corrected chi connectivity index (χ0v) is 14.5. The van der Waals surface area contributed by atoms with Gasteiger partial charge in [-0.25, -0.2) is 4.98 Å². The Morgan fingerprint density at radius 2 is 1.88 bits per heavy atom. The van der Waals surface area contributed by atoms with E-state index in [9.17, 15) is 4.79 Å². The van der Waals surface area contributed by atoms with Crippen LogP contribution in [0.25, 0.3) is 11.3 Å². The first-order valence-electron chi connectivity index (χ1n) is 7.54. The second kappa shape index (κ2) is 7.19. The number of nitrogens with two attached hydrogens (primary N) is 1. The molecule has 0 spiro atoms. The van der Waals surface area contributed by atoms with Crippen molar-refractivity contribution in [2.45, 2.75) is 0 Å². The number of benzene rings is 2. The van der Waals surface area contributed by atoms with Crippen LogP contribution in [0.4, 0.5) is 16.5 Å². The summed E-state index contributed by atoms with van der Waals surface area (Å²) in [5, 5.41) is 2.48. The van der Waals surface area contributed by atoms with Gasteiger partial charge in [-0.1, -0.05) is 6.58 Å². The molecule has 0 saturated heterocycles. The third kappa shape index (κ3) is 3.54. The Morgan fingerprint density at radius 1 is 1.20 bits per heavy atom. The standard InChI is InChI=1S/C19H17N3O2S/c1-3-18(23)22(15-8-6-14(20)7-9-15)19-21-17(12-25-19)13-4-10-16(24-2)11-5-13/h3-12H,1,20H2,2H3. The predicted octanol–water partition coefficient (Wildman–Crippen LogP) is 4.25. The molecule has 3 aromatic rings. The van der Waals surface area contributed by atoms with Crippen molar-refractivity contribution >= 4 is 33.8 Å². The molecule has 1 heterocycles. The van der Waals surface area contributed by atoms with Gasteiger partial charge >= 0.3 is 0 Å². The van der Waals surface area contributed by atoms with Crippen LogP contribution in [0.15, 0.2) is 66.6 Å². The number of nitrogen functional groups attached to an aromatic ring is 1. The highest BCUT2D eigenvalue weighted by Crippen LogP contribution is 2.33. The Kier molecular flexibility index (Phi) is 4.81. The first-order chi connectivity index (χ1) is 12.1. The number of aromatic nitrogens is 1. The number of carbonyl (C=O) groups is 1. The van der Waals surface area contributed by atoms with E-state index in [0.717, 1.165) is 17.0 Å². The maximum Gasteiger partial charge on any atom is 0.256 e. The van der Waals surface area contributed by atoms with E-state index in [1.807, 2.05) is 29.6 Å². The van der Waals surface area contributed by atoms with Crippen molar-refractivity contribution in [2.75, 3.05) is 17.7 Å². The Morgan fingerprint density at radius 3 is 2.48 bits per heavy atom. The van der Waals surface area contributed by atoms with Gasteiger partial charge in [0.1, 0.15) is 5.75 Å². The normalized spacial score (nSPS) is 10.3. The zero-order chi connectivity index (χ0) is 17.8. The fourth-order valence-electron chi connectivity index (χ4n) is 2.31. The number of hydrogen-bond acceptors (Lipinski definition) is 5. The first kappa shape index (κ1) is 16.7. The molecule has 0 unspecified atom stereocenters. The average Bonchev–Trinajstić information content (AvgIpc) is 3.13. The van der Waals surface area contributed by atoms with Crippen molar-refractivity contribution in [3.8, 4) is 17.0 Å². The predicted molar refractivity (Wildman–Crippen MR) is 102 cm³/mol. The van der Waals surface area contributed by atoms with E-state index in [0.29, 0.717) is 16.5 Å². The molecule has 126 valence electrons. The Balaban J connectivity index is 1.97. The van der Waals surface area contributed by atoms with Crippen molar-refractivity contribution in [3.05, 3.63) is 66.6 Å². The summed E-state index contributed by atoms with van der Waals surface area (Å²) in [6, 6.07) is 14.7. The third-order valence-corrected chi connectivity index (χ3v) is 4.44. The van der Waals surface area contributed by atoms with E-state index in [1.54, 1.807) is 31.4 Å². The molecule has 3 rings (SSSR count). The molecular weight excluding hydrogens is 334 g/mol. The monoisotopic (exact) mass is 351 g/mol. The second-order valence-corrected chi connectivity index (χ2v) is 6.05. The lowest BCUT2D eigenvalue weighted by molar-refractivity contribution is -0.113. The highest BCUT2D eigenvalue weighted by atomic mass is 32.1. The van der Waals surface area contributed by atoms with Gasteiger partial charge in [-0.15, -0.1) is 11.3 Å². The molecule has 1 aromatic heterocycles. The summed E-state index contributed by atoms with van der Waals surface area (Å²) >= 11 is 1.39. The Bertz CT molecular complexity index is 886. The molecule has 0 bridgehead atoms. The number of nitrogens with zero attached hydrogens (tertiary/aromatic N) is 2. The Hall–Kier alpha value is -3.12. The van der Waals surface area contributed by atoms with E-state index in [-0.39, 0.29) is 5.91 Å². The smallest absolute Gasteiger partial charge is 0.256 e. The molecule has 5 nitrogen and oxygen atoms in total. The van der Waals surface area contributed by atoms with Crippen molar-refractivity contribution in [1.29, 1.82) is 0 Å². The minimum atomic E-state index is -0.250. The quantitative estimate of drug-likeness (QED) is 0.551. The summed E-state index contributed by atoms with van der Waals surface area (Å²) in [5.41, 5.74) is 8.80. The molecular formula is C19H17N3O2S. The van der Waals surface area contributed by atoms with Gasteiger partial charge in [0.25, 0.3) is 5.91 Å². The van der Waals surface area contributed by atoms with Gasteiger partial charge in [-0.2, -0.15) is 0 Å². The van der Waals surface area contributed by atoms with Crippen molar-refractivity contribution in [1.82, 2.24) is 4.98 Å². The highest BCUT2D eigenvalue weighted by Gasteiger charge is 2.19. The maximum atomic E-state index is 12.4. The summed E-state index contributed by atoms with van der Waals surface area (Å²) < 4.78 is 5.17. The molecule has 6 heteroatoms. The molecule has 2 N–H and O–H groups in total. The van der Waals surface area contributed by atoms with E-state index in [1.165, 1.54) is 22.3 Å².